The predicted octanol–water partition coefficient (Wildman–Crippen LogP) is 1.42. The fraction of sp³-hybridized carbons (Fsp3) is 0.714. The van der Waals surface area contributed by atoms with Crippen LogP contribution in [0.4, 0.5) is 0 Å². The molecule has 1 aromatic rings. The number of halogens is 2. The average Bonchev–Trinajstić information content (AvgIpc) is 3.05. The van der Waals surface area contributed by atoms with Crippen LogP contribution in [0, 0.1) is 25.7 Å². The van der Waals surface area contributed by atoms with Crippen LogP contribution in [0.5, 0.6) is 5.75 Å². The van der Waals surface area contributed by atoms with Crippen molar-refractivity contribution in [1.82, 2.24) is 20.1 Å². The lowest BCUT2D eigenvalue weighted by molar-refractivity contribution is -0.132. The van der Waals surface area contributed by atoms with Crippen molar-refractivity contribution in [1.29, 1.82) is 0 Å². The van der Waals surface area contributed by atoms with Gasteiger partial charge in [0.05, 0.1) is 18.3 Å². The summed E-state index contributed by atoms with van der Waals surface area (Å²) in [5.74, 6) is 1.91. The summed E-state index contributed by atoms with van der Waals surface area (Å²) >= 11 is 0. The molecule has 3 heterocycles. The Kier molecular flexibility index (Phi) is 9.18. The van der Waals surface area contributed by atoms with E-state index in [1.54, 1.807) is 0 Å². The lowest BCUT2D eigenvalue weighted by atomic mass is 9.78. The number of carbonyl (C=O) groups excluding carboxylic acids is 1. The number of hydrogen-bond donors (Lipinski definition) is 2. The van der Waals surface area contributed by atoms with Gasteiger partial charge in [-0.05, 0) is 50.7 Å². The minimum absolute atomic E-state index is 0. The first-order valence-electron chi connectivity index (χ1n) is 10.5. The van der Waals surface area contributed by atoms with Crippen LogP contribution in [-0.2, 0) is 4.79 Å². The van der Waals surface area contributed by atoms with E-state index in [0.717, 1.165) is 69.2 Å². The van der Waals surface area contributed by atoms with Crippen molar-refractivity contribution in [3.05, 3.63) is 23.5 Å². The van der Waals surface area contributed by atoms with Crippen molar-refractivity contribution in [2.75, 3.05) is 45.8 Å². The van der Waals surface area contributed by atoms with Crippen molar-refractivity contribution in [3.8, 4) is 5.75 Å². The zero-order valence-corrected chi connectivity index (χ0v) is 19.4. The van der Waals surface area contributed by atoms with Crippen molar-refractivity contribution in [2.45, 2.75) is 38.9 Å². The molecule has 1 aliphatic carbocycles. The maximum atomic E-state index is 12.6. The first-order valence-corrected chi connectivity index (χ1v) is 10.5. The highest BCUT2D eigenvalue weighted by molar-refractivity contribution is 5.85. The number of hydrogen-bond acceptors (Lipinski definition) is 6. The third-order valence-electron chi connectivity index (χ3n) is 6.44. The molecule has 0 radical (unpaired) electrons. The molecule has 0 aromatic carbocycles. The van der Waals surface area contributed by atoms with Gasteiger partial charge in [-0.1, -0.05) is 0 Å². The molecule has 0 bridgehead atoms. The molecule has 1 saturated carbocycles. The molecule has 2 aliphatic heterocycles. The zero-order valence-electron chi connectivity index (χ0n) is 17.7. The lowest BCUT2D eigenvalue weighted by Crippen LogP contribution is -2.49. The van der Waals surface area contributed by atoms with Crippen LogP contribution < -0.4 is 10.1 Å². The molecule has 7 nitrogen and oxygen atoms in total. The summed E-state index contributed by atoms with van der Waals surface area (Å²) in [6.45, 7) is 9.60. The van der Waals surface area contributed by atoms with E-state index in [2.05, 4.69) is 15.2 Å². The van der Waals surface area contributed by atoms with E-state index in [1.807, 2.05) is 30.9 Å². The van der Waals surface area contributed by atoms with Gasteiger partial charge in [-0.2, -0.15) is 0 Å². The van der Waals surface area contributed by atoms with Crippen LogP contribution in [0.2, 0.25) is 0 Å². The van der Waals surface area contributed by atoms with Gasteiger partial charge >= 0.3 is 0 Å². The molecule has 4 atom stereocenters. The van der Waals surface area contributed by atoms with Gasteiger partial charge in [0.25, 0.3) is 0 Å². The minimum Gasteiger partial charge on any atom is -0.486 e. The number of nitrogens with one attached hydrogen (secondary N) is 1. The number of rotatable bonds is 4. The van der Waals surface area contributed by atoms with E-state index < -0.39 is 6.10 Å². The number of ether oxygens (including phenoxy) is 1. The number of likely N-dealkylation sites (tertiary alicyclic amines) is 1. The topological polar surface area (TPSA) is 77.9 Å². The summed E-state index contributed by atoms with van der Waals surface area (Å²) in [7, 11) is 0. The molecule has 2 N–H and O–H groups in total. The molecule has 1 amide bonds. The van der Waals surface area contributed by atoms with Gasteiger partial charge in [0.2, 0.25) is 5.91 Å². The fourth-order valence-corrected chi connectivity index (χ4v) is 4.91. The molecular weight excluding hydrogens is 427 g/mol. The van der Waals surface area contributed by atoms with Crippen molar-refractivity contribution < 1.29 is 14.6 Å². The Bertz CT molecular complexity index is 717. The summed E-state index contributed by atoms with van der Waals surface area (Å²) in [5.41, 5.74) is 1.83. The van der Waals surface area contributed by atoms with E-state index in [0.29, 0.717) is 18.4 Å². The van der Waals surface area contributed by atoms with Crippen molar-refractivity contribution >= 4 is 30.7 Å². The van der Waals surface area contributed by atoms with Crippen LogP contribution in [0.25, 0.3) is 0 Å². The number of aromatic nitrogens is 1. The Hall–Kier alpha value is -1.12. The third kappa shape index (κ3) is 5.77. The Morgan fingerprint density at radius 3 is 2.50 bits per heavy atom. The van der Waals surface area contributed by atoms with E-state index in [4.69, 9.17) is 4.74 Å². The summed E-state index contributed by atoms with van der Waals surface area (Å²) < 4.78 is 6.16. The second-order valence-corrected chi connectivity index (χ2v) is 8.58. The Morgan fingerprint density at radius 2 is 1.83 bits per heavy atom. The Morgan fingerprint density at radius 1 is 1.17 bits per heavy atom. The maximum absolute atomic E-state index is 12.6. The van der Waals surface area contributed by atoms with Crippen molar-refractivity contribution in [2.24, 2.45) is 11.8 Å². The number of nitrogens with zero attached hydrogens (tertiary/aromatic N) is 3. The highest BCUT2D eigenvalue weighted by Crippen LogP contribution is 2.38. The van der Waals surface area contributed by atoms with Crippen molar-refractivity contribution in [3.63, 3.8) is 0 Å². The first kappa shape index (κ1) is 25.1. The van der Waals surface area contributed by atoms with E-state index in [-0.39, 0.29) is 36.8 Å². The number of pyridine rings is 1. The summed E-state index contributed by atoms with van der Waals surface area (Å²) in [6, 6.07) is 3.89. The maximum Gasteiger partial charge on any atom is 0.236 e. The number of carbonyl (C=O) groups is 1. The fourth-order valence-electron chi connectivity index (χ4n) is 4.91. The first-order chi connectivity index (χ1) is 13.5. The molecule has 0 spiro atoms. The van der Waals surface area contributed by atoms with E-state index >= 15 is 0 Å². The summed E-state index contributed by atoms with van der Waals surface area (Å²) in [4.78, 5) is 21.3. The van der Waals surface area contributed by atoms with E-state index in [9.17, 15) is 9.90 Å². The van der Waals surface area contributed by atoms with Crippen LogP contribution >= 0.6 is 24.8 Å². The number of aryl methyl sites for hydroxylation is 2. The molecule has 1 aromatic heterocycles. The smallest absolute Gasteiger partial charge is 0.236 e. The summed E-state index contributed by atoms with van der Waals surface area (Å²) in [5, 5.41) is 13.9. The molecule has 0 unspecified atom stereocenters. The van der Waals surface area contributed by atoms with Gasteiger partial charge in [-0.3, -0.25) is 14.7 Å². The quantitative estimate of drug-likeness (QED) is 0.707. The number of amides is 1. The second-order valence-electron chi connectivity index (χ2n) is 8.58. The molecule has 3 fully saturated rings. The Labute approximate surface area is 191 Å². The second kappa shape index (κ2) is 11.0. The minimum atomic E-state index is -0.467. The SMILES string of the molecule is Cc1ccc(O[C@@H]2C[C@@H]3CN(CC(=O)N4CCNCC4)C[C@@H]3C[C@H]2O)c(C)n1.Cl.Cl. The predicted molar refractivity (Wildman–Crippen MR) is 121 cm³/mol. The molecule has 9 heteroatoms. The van der Waals surface area contributed by atoms with Gasteiger partial charge in [0.15, 0.2) is 0 Å². The average molecular weight is 461 g/mol. The molecule has 30 heavy (non-hydrogen) atoms. The number of piperazine rings is 1. The number of aliphatic hydroxyl groups excluding tert-OH is 1. The zero-order chi connectivity index (χ0) is 19.7. The van der Waals surface area contributed by atoms with Gasteiger partial charge in [-0.15, -0.1) is 24.8 Å². The molecule has 4 rings (SSSR count). The van der Waals surface area contributed by atoms with Gasteiger partial charge in [0, 0.05) is 45.0 Å². The van der Waals surface area contributed by atoms with Crippen LogP contribution in [0.15, 0.2) is 12.1 Å². The van der Waals surface area contributed by atoms with E-state index in [1.165, 1.54) is 0 Å². The number of aliphatic hydroxyl groups is 1. The van der Waals surface area contributed by atoms with Gasteiger partial charge in [0.1, 0.15) is 11.9 Å². The largest absolute Gasteiger partial charge is 0.486 e. The van der Waals surface area contributed by atoms with Gasteiger partial charge in [-0.25, -0.2) is 0 Å². The molecule has 170 valence electrons. The monoisotopic (exact) mass is 460 g/mol. The molecular formula is C21H34Cl2N4O3. The van der Waals surface area contributed by atoms with Crippen LogP contribution in [-0.4, -0.2) is 83.8 Å². The highest BCUT2D eigenvalue weighted by atomic mass is 35.5. The Balaban J connectivity index is 0.00000160. The normalized spacial score (nSPS) is 28.8. The third-order valence-corrected chi connectivity index (χ3v) is 6.44. The summed E-state index contributed by atoms with van der Waals surface area (Å²) in [6.07, 6.45) is 0.905. The lowest BCUT2D eigenvalue weighted by Gasteiger charge is -2.35. The van der Waals surface area contributed by atoms with Gasteiger partial charge < -0.3 is 20.1 Å². The van der Waals surface area contributed by atoms with Crippen LogP contribution in [0.1, 0.15) is 24.2 Å². The molecule has 2 saturated heterocycles. The standard InChI is InChI=1S/C21H32N4O3.2ClH/c1-14-3-4-19(15(2)23-14)28-20-10-17-12-24(11-16(17)9-18(20)26)13-21(27)25-7-5-22-6-8-25;;/h3-4,16-18,20,22,26H,5-13H2,1-2H3;2*1H/t16-,17+,18+,20+;;/m0../s1. The van der Waals surface area contributed by atoms with Crippen LogP contribution in [0.3, 0.4) is 0 Å². The highest BCUT2D eigenvalue weighted by Gasteiger charge is 2.43. The number of fused-ring (bicyclic) bond motifs is 1. The molecule has 3 aliphatic rings.